The van der Waals surface area contributed by atoms with Crippen LogP contribution in [0.25, 0.3) is 0 Å². The molecular formula is C7H11N3. The molecule has 0 aromatic carbocycles. The maximum Gasteiger partial charge on any atom is 0.129 e. The van der Waals surface area contributed by atoms with Gasteiger partial charge in [-0.05, 0) is 19.5 Å². The van der Waals surface area contributed by atoms with Crippen LogP contribution in [-0.2, 0) is 6.42 Å². The Hall–Kier alpha value is -0.960. The molecule has 0 aliphatic rings. The van der Waals surface area contributed by atoms with Gasteiger partial charge in [0, 0.05) is 18.3 Å². The average Bonchev–Trinajstić information content (AvgIpc) is 1.88. The van der Waals surface area contributed by atoms with E-state index in [0.29, 0.717) is 6.54 Å². The normalized spacial score (nSPS) is 9.80. The summed E-state index contributed by atoms with van der Waals surface area (Å²) in [7, 11) is 0. The summed E-state index contributed by atoms with van der Waals surface area (Å²) < 4.78 is 0. The van der Waals surface area contributed by atoms with Gasteiger partial charge in [0.05, 0.1) is 0 Å². The van der Waals surface area contributed by atoms with Gasteiger partial charge in [-0.2, -0.15) is 0 Å². The van der Waals surface area contributed by atoms with Gasteiger partial charge in [-0.3, -0.25) is 0 Å². The van der Waals surface area contributed by atoms with E-state index >= 15 is 0 Å². The highest BCUT2D eigenvalue weighted by Crippen LogP contribution is 1.92. The van der Waals surface area contributed by atoms with Crippen molar-refractivity contribution in [3.63, 3.8) is 0 Å². The van der Waals surface area contributed by atoms with E-state index in [4.69, 9.17) is 5.73 Å². The van der Waals surface area contributed by atoms with Crippen molar-refractivity contribution >= 4 is 0 Å². The van der Waals surface area contributed by atoms with Crippen molar-refractivity contribution in [2.24, 2.45) is 5.73 Å². The molecular weight excluding hydrogens is 126 g/mol. The summed E-state index contributed by atoms with van der Waals surface area (Å²) >= 11 is 0. The molecule has 1 rings (SSSR count). The average molecular weight is 137 g/mol. The molecule has 0 amide bonds. The Balaban J connectivity index is 2.75. The van der Waals surface area contributed by atoms with Crippen LogP contribution >= 0.6 is 0 Å². The van der Waals surface area contributed by atoms with Gasteiger partial charge in [0.25, 0.3) is 0 Å². The van der Waals surface area contributed by atoms with Crippen LogP contribution in [0, 0.1) is 6.92 Å². The van der Waals surface area contributed by atoms with Crippen molar-refractivity contribution < 1.29 is 0 Å². The molecule has 54 valence electrons. The van der Waals surface area contributed by atoms with Crippen LogP contribution in [0.3, 0.4) is 0 Å². The minimum absolute atomic E-state index is 0.615. The van der Waals surface area contributed by atoms with Crippen LogP contribution in [0.15, 0.2) is 12.3 Å². The summed E-state index contributed by atoms with van der Waals surface area (Å²) in [5, 5.41) is 0. The second-order valence-electron chi connectivity index (χ2n) is 2.15. The molecule has 0 radical (unpaired) electrons. The summed E-state index contributed by atoms with van der Waals surface area (Å²) in [5.74, 6) is 0.836. The third-order valence-electron chi connectivity index (χ3n) is 1.21. The van der Waals surface area contributed by atoms with Gasteiger partial charge >= 0.3 is 0 Å². The Kier molecular flexibility index (Phi) is 2.34. The molecule has 0 fully saturated rings. The number of aryl methyl sites for hydroxylation is 1. The summed E-state index contributed by atoms with van der Waals surface area (Å²) in [4.78, 5) is 8.21. The van der Waals surface area contributed by atoms with Crippen LogP contribution in [0.4, 0.5) is 0 Å². The molecule has 0 saturated heterocycles. The Morgan fingerprint density at radius 1 is 1.60 bits per heavy atom. The third kappa shape index (κ3) is 1.77. The highest BCUT2D eigenvalue weighted by Gasteiger charge is 1.92. The number of aromatic nitrogens is 2. The SMILES string of the molecule is Cc1ccnc(CCN)n1. The lowest BCUT2D eigenvalue weighted by atomic mass is 10.4. The van der Waals surface area contributed by atoms with Crippen molar-refractivity contribution in [3.8, 4) is 0 Å². The fourth-order valence-corrected chi connectivity index (χ4v) is 0.750. The van der Waals surface area contributed by atoms with Crippen molar-refractivity contribution in [3.05, 3.63) is 23.8 Å². The van der Waals surface area contributed by atoms with E-state index in [1.165, 1.54) is 0 Å². The van der Waals surface area contributed by atoms with Crippen molar-refractivity contribution in [2.75, 3.05) is 6.54 Å². The summed E-state index contributed by atoms with van der Waals surface area (Å²) in [6.07, 6.45) is 2.52. The largest absolute Gasteiger partial charge is 0.330 e. The van der Waals surface area contributed by atoms with Gasteiger partial charge in [0.1, 0.15) is 5.82 Å². The van der Waals surface area contributed by atoms with Crippen LogP contribution in [0.5, 0.6) is 0 Å². The zero-order valence-corrected chi connectivity index (χ0v) is 6.04. The van der Waals surface area contributed by atoms with E-state index in [1.54, 1.807) is 6.20 Å². The van der Waals surface area contributed by atoms with Gasteiger partial charge in [-0.25, -0.2) is 9.97 Å². The summed E-state index contributed by atoms with van der Waals surface area (Å²) in [6, 6.07) is 1.88. The third-order valence-corrected chi connectivity index (χ3v) is 1.21. The number of hydrogen-bond acceptors (Lipinski definition) is 3. The molecule has 0 aliphatic carbocycles. The van der Waals surface area contributed by atoms with E-state index in [1.807, 2.05) is 13.0 Å². The topological polar surface area (TPSA) is 51.8 Å². The molecule has 0 bridgehead atoms. The quantitative estimate of drug-likeness (QED) is 0.637. The summed E-state index contributed by atoms with van der Waals surface area (Å²) in [6.45, 7) is 2.56. The lowest BCUT2D eigenvalue weighted by molar-refractivity contribution is 0.855. The number of nitrogens with two attached hydrogens (primary N) is 1. The van der Waals surface area contributed by atoms with Crippen LogP contribution in [0.2, 0.25) is 0 Å². The first-order valence-electron chi connectivity index (χ1n) is 3.31. The van der Waals surface area contributed by atoms with Gasteiger partial charge in [-0.15, -0.1) is 0 Å². The predicted molar refractivity (Wildman–Crippen MR) is 39.5 cm³/mol. The molecule has 1 aromatic heterocycles. The van der Waals surface area contributed by atoms with Crippen LogP contribution < -0.4 is 5.73 Å². The first-order chi connectivity index (χ1) is 4.83. The molecule has 0 aliphatic heterocycles. The molecule has 0 atom stereocenters. The van der Waals surface area contributed by atoms with Crippen molar-refractivity contribution in [1.29, 1.82) is 0 Å². The number of nitrogens with zero attached hydrogens (tertiary/aromatic N) is 2. The van der Waals surface area contributed by atoms with E-state index in [-0.39, 0.29) is 0 Å². The minimum Gasteiger partial charge on any atom is -0.330 e. The second-order valence-corrected chi connectivity index (χ2v) is 2.15. The number of hydrogen-bond donors (Lipinski definition) is 1. The molecule has 10 heavy (non-hydrogen) atoms. The Morgan fingerprint density at radius 2 is 2.40 bits per heavy atom. The maximum absolute atomic E-state index is 5.33. The van der Waals surface area contributed by atoms with Crippen LogP contribution in [-0.4, -0.2) is 16.5 Å². The molecule has 3 nitrogen and oxygen atoms in total. The monoisotopic (exact) mass is 137 g/mol. The fourth-order valence-electron chi connectivity index (χ4n) is 0.750. The first kappa shape index (κ1) is 7.15. The Morgan fingerprint density at radius 3 is 3.00 bits per heavy atom. The van der Waals surface area contributed by atoms with E-state index in [2.05, 4.69) is 9.97 Å². The Labute approximate surface area is 60.3 Å². The van der Waals surface area contributed by atoms with Crippen molar-refractivity contribution in [2.45, 2.75) is 13.3 Å². The van der Waals surface area contributed by atoms with Crippen LogP contribution in [0.1, 0.15) is 11.5 Å². The molecule has 0 unspecified atom stereocenters. The minimum atomic E-state index is 0.615. The molecule has 1 aromatic rings. The van der Waals surface area contributed by atoms with Crippen molar-refractivity contribution in [1.82, 2.24) is 9.97 Å². The van der Waals surface area contributed by atoms with E-state index in [0.717, 1.165) is 17.9 Å². The van der Waals surface area contributed by atoms with Gasteiger partial charge in [0.15, 0.2) is 0 Å². The molecule has 3 heteroatoms. The van der Waals surface area contributed by atoms with E-state index < -0.39 is 0 Å². The lowest BCUT2D eigenvalue weighted by Crippen LogP contribution is -2.06. The zero-order chi connectivity index (χ0) is 7.40. The zero-order valence-electron chi connectivity index (χ0n) is 6.04. The molecule has 2 N–H and O–H groups in total. The lowest BCUT2D eigenvalue weighted by Gasteiger charge is -1.95. The fraction of sp³-hybridized carbons (Fsp3) is 0.429. The second kappa shape index (κ2) is 3.27. The highest BCUT2D eigenvalue weighted by atomic mass is 14.9. The highest BCUT2D eigenvalue weighted by molar-refractivity contribution is 4.99. The molecule has 0 spiro atoms. The predicted octanol–water partition coefficient (Wildman–Crippen LogP) is 0.286. The number of rotatable bonds is 2. The van der Waals surface area contributed by atoms with Gasteiger partial charge in [0.2, 0.25) is 0 Å². The van der Waals surface area contributed by atoms with E-state index in [9.17, 15) is 0 Å². The Bertz CT molecular complexity index is 210. The molecule has 0 saturated carbocycles. The standard InChI is InChI=1S/C7H11N3/c1-6-3-5-9-7(10-6)2-4-8/h3,5H,2,4,8H2,1H3. The smallest absolute Gasteiger partial charge is 0.129 e. The first-order valence-corrected chi connectivity index (χ1v) is 3.31. The molecule has 1 heterocycles. The van der Waals surface area contributed by atoms with Gasteiger partial charge in [-0.1, -0.05) is 0 Å². The van der Waals surface area contributed by atoms with Gasteiger partial charge < -0.3 is 5.73 Å². The maximum atomic E-state index is 5.33. The summed E-state index contributed by atoms with van der Waals surface area (Å²) in [5.41, 5.74) is 6.33.